The monoisotopic (exact) mass is 280 g/mol. The van der Waals surface area contributed by atoms with Crippen LogP contribution in [0.1, 0.15) is 54.7 Å². The molecule has 16 heavy (non-hydrogen) atoms. The fraction of sp³-hybridized carbons (Fsp3) is 0.600. The predicted octanol–water partition coefficient (Wildman–Crippen LogP) is 5.11. The van der Waals surface area contributed by atoms with Crippen LogP contribution >= 0.6 is 15.9 Å². The number of benzene rings is 1. The highest BCUT2D eigenvalue weighted by molar-refractivity contribution is 9.09. The summed E-state index contributed by atoms with van der Waals surface area (Å²) >= 11 is 3.82. The van der Waals surface area contributed by atoms with Gasteiger partial charge in [-0.3, -0.25) is 0 Å². The van der Waals surface area contributed by atoms with Gasteiger partial charge in [0, 0.05) is 4.83 Å². The third-order valence-corrected chi connectivity index (χ3v) is 4.57. The largest absolute Gasteiger partial charge is 0.0890 e. The van der Waals surface area contributed by atoms with Crippen molar-refractivity contribution in [2.24, 2.45) is 0 Å². The van der Waals surface area contributed by atoms with Crippen LogP contribution in [0, 0.1) is 13.8 Å². The Morgan fingerprint density at radius 2 is 1.88 bits per heavy atom. The molecule has 0 saturated heterocycles. The lowest BCUT2D eigenvalue weighted by Crippen LogP contribution is -2.05. The summed E-state index contributed by atoms with van der Waals surface area (Å²) in [5.74, 6) is 0.770. The highest BCUT2D eigenvalue weighted by atomic mass is 79.9. The molecule has 0 bridgehead atoms. The Bertz CT molecular complexity index is 356. The van der Waals surface area contributed by atoms with Gasteiger partial charge in [-0.05, 0) is 50.2 Å². The van der Waals surface area contributed by atoms with Gasteiger partial charge in [-0.25, -0.2) is 0 Å². The van der Waals surface area contributed by atoms with Gasteiger partial charge >= 0.3 is 0 Å². The van der Waals surface area contributed by atoms with Crippen LogP contribution in [-0.2, 0) is 0 Å². The van der Waals surface area contributed by atoms with Crippen LogP contribution in [-0.4, -0.2) is 4.83 Å². The molecule has 1 aliphatic carbocycles. The summed E-state index contributed by atoms with van der Waals surface area (Å²) in [4.78, 5) is 0.722. The van der Waals surface area contributed by atoms with Crippen LogP contribution < -0.4 is 0 Å². The molecular formula is C15H21Br. The lowest BCUT2D eigenvalue weighted by Gasteiger charge is -2.19. The quantitative estimate of drug-likeness (QED) is 0.495. The van der Waals surface area contributed by atoms with Gasteiger partial charge in [0.15, 0.2) is 0 Å². The lowest BCUT2D eigenvalue weighted by molar-refractivity contribution is 0.596. The van der Waals surface area contributed by atoms with Gasteiger partial charge in [0.05, 0.1) is 0 Å². The summed E-state index contributed by atoms with van der Waals surface area (Å²) in [6.07, 6.45) is 6.80. The first-order valence-electron chi connectivity index (χ1n) is 6.38. The molecular weight excluding hydrogens is 260 g/mol. The second-order valence-corrected chi connectivity index (χ2v) is 6.47. The summed E-state index contributed by atoms with van der Waals surface area (Å²) in [5.41, 5.74) is 4.46. The molecule has 0 aromatic heterocycles. The zero-order valence-electron chi connectivity index (χ0n) is 10.3. The molecule has 1 fully saturated rings. The Kier molecular flexibility index (Phi) is 4.07. The fourth-order valence-electron chi connectivity index (χ4n) is 2.78. The van der Waals surface area contributed by atoms with E-state index in [9.17, 15) is 0 Å². The van der Waals surface area contributed by atoms with Crippen molar-refractivity contribution < 1.29 is 0 Å². The number of hydrogen-bond acceptors (Lipinski definition) is 0. The second-order valence-electron chi connectivity index (χ2n) is 5.17. The predicted molar refractivity (Wildman–Crippen MR) is 74.5 cm³/mol. The SMILES string of the molecule is Cc1ccc(C)c(C2CCCCC(Br)C2)c1. The zero-order valence-corrected chi connectivity index (χ0v) is 11.9. The zero-order chi connectivity index (χ0) is 11.5. The van der Waals surface area contributed by atoms with E-state index in [-0.39, 0.29) is 0 Å². The van der Waals surface area contributed by atoms with E-state index in [2.05, 4.69) is 48.0 Å². The smallest absolute Gasteiger partial charge is 0.0151 e. The number of aryl methyl sites for hydroxylation is 2. The number of rotatable bonds is 1. The maximum absolute atomic E-state index is 3.82. The van der Waals surface area contributed by atoms with E-state index in [4.69, 9.17) is 0 Å². The Morgan fingerprint density at radius 1 is 1.12 bits per heavy atom. The van der Waals surface area contributed by atoms with Gasteiger partial charge in [-0.15, -0.1) is 0 Å². The molecule has 0 spiro atoms. The number of alkyl halides is 1. The van der Waals surface area contributed by atoms with E-state index in [0.29, 0.717) is 0 Å². The standard InChI is InChI=1S/C15H21Br/c1-11-7-8-12(2)15(9-11)13-5-3-4-6-14(16)10-13/h7-9,13-14H,3-6,10H2,1-2H3. The van der Waals surface area contributed by atoms with Gasteiger partial charge in [-0.1, -0.05) is 52.5 Å². The molecule has 0 heterocycles. The highest BCUT2D eigenvalue weighted by Crippen LogP contribution is 2.36. The molecule has 1 aliphatic rings. The topological polar surface area (TPSA) is 0 Å². The van der Waals surface area contributed by atoms with Crippen molar-refractivity contribution in [3.63, 3.8) is 0 Å². The van der Waals surface area contributed by atoms with Crippen LogP contribution in [0.5, 0.6) is 0 Å². The fourth-order valence-corrected chi connectivity index (χ4v) is 3.56. The lowest BCUT2D eigenvalue weighted by atomic mass is 9.88. The van der Waals surface area contributed by atoms with Crippen LogP contribution in [0.4, 0.5) is 0 Å². The summed E-state index contributed by atoms with van der Waals surface area (Å²) in [6.45, 7) is 4.45. The minimum atomic E-state index is 0.722. The summed E-state index contributed by atoms with van der Waals surface area (Å²) in [7, 11) is 0. The molecule has 0 N–H and O–H groups in total. The Hall–Kier alpha value is -0.300. The van der Waals surface area contributed by atoms with Crippen molar-refractivity contribution in [3.8, 4) is 0 Å². The van der Waals surface area contributed by atoms with E-state index in [1.807, 2.05) is 0 Å². The van der Waals surface area contributed by atoms with Crippen LogP contribution in [0.3, 0.4) is 0 Å². The maximum Gasteiger partial charge on any atom is 0.0151 e. The van der Waals surface area contributed by atoms with Gasteiger partial charge in [-0.2, -0.15) is 0 Å². The second kappa shape index (κ2) is 5.35. The van der Waals surface area contributed by atoms with Gasteiger partial charge in [0.1, 0.15) is 0 Å². The van der Waals surface area contributed by atoms with Crippen molar-refractivity contribution in [1.82, 2.24) is 0 Å². The first-order chi connectivity index (χ1) is 7.66. The van der Waals surface area contributed by atoms with E-state index < -0.39 is 0 Å². The van der Waals surface area contributed by atoms with Crippen molar-refractivity contribution in [2.75, 3.05) is 0 Å². The van der Waals surface area contributed by atoms with Crippen molar-refractivity contribution in [3.05, 3.63) is 34.9 Å². The minimum Gasteiger partial charge on any atom is -0.0890 e. The van der Waals surface area contributed by atoms with Gasteiger partial charge < -0.3 is 0 Å². The molecule has 1 aromatic carbocycles. The number of halogens is 1. The summed E-state index contributed by atoms with van der Waals surface area (Å²) in [5, 5.41) is 0. The molecule has 0 amide bonds. The highest BCUT2D eigenvalue weighted by Gasteiger charge is 2.20. The molecule has 1 heteroatoms. The molecule has 0 aliphatic heterocycles. The minimum absolute atomic E-state index is 0.722. The molecule has 1 saturated carbocycles. The Balaban J connectivity index is 2.24. The van der Waals surface area contributed by atoms with E-state index >= 15 is 0 Å². The van der Waals surface area contributed by atoms with Crippen LogP contribution in [0.25, 0.3) is 0 Å². The molecule has 88 valence electrons. The van der Waals surface area contributed by atoms with Crippen LogP contribution in [0.2, 0.25) is 0 Å². The molecule has 0 radical (unpaired) electrons. The Labute approximate surface area is 108 Å². The first kappa shape index (κ1) is 12.2. The summed E-state index contributed by atoms with van der Waals surface area (Å²) < 4.78 is 0. The summed E-state index contributed by atoms with van der Waals surface area (Å²) in [6, 6.07) is 6.89. The van der Waals surface area contributed by atoms with Gasteiger partial charge in [0.25, 0.3) is 0 Å². The van der Waals surface area contributed by atoms with Crippen molar-refractivity contribution in [2.45, 2.75) is 56.7 Å². The van der Waals surface area contributed by atoms with Crippen molar-refractivity contribution >= 4 is 15.9 Å². The van der Waals surface area contributed by atoms with E-state index in [0.717, 1.165) is 10.7 Å². The maximum atomic E-state index is 3.82. The van der Waals surface area contributed by atoms with Crippen LogP contribution in [0.15, 0.2) is 18.2 Å². The van der Waals surface area contributed by atoms with Crippen molar-refractivity contribution in [1.29, 1.82) is 0 Å². The molecule has 2 unspecified atom stereocenters. The van der Waals surface area contributed by atoms with E-state index in [1.165, 1.54) is 43.2 Å². The molecule has 1 aromatic rings. The average molecular weight is 281 g/mol. The normalized spacial score (nSPS) is 26.4. The molecule has 0 nitrogen and oxygen atoms in total. The molecule has 2 rings (SSSR count). The van der Waals surface area contributed by atoms with Gasteiger partial charge in [0.2, 0.25) is 0 Å². The third-order valence-electron chi connectivity index (χ3n) is 3.73. The van der Waals surface area contributed by atoms with E-state index in [1.54, 1.807) is 5.56 Å². The average Bonchev–Trinajstić information content (AvgIpc) is 2.46. The number of hydrogen-bond donors (Lipinski definition) is 0. The first-order valence-corrected chi connectivity index (χ1v) is 7.29. The molecule has 2 atom stereocenters. The third kappa shape index (κ3) is 2.88. The Morgan fingerprint density at radius 3 is 2.69 bits per heavy atom.